The Balaban J connectivity index is 2.25. The molecule has 3 nitrogen and oxygen atoms in total. The minimum atomic E-state index is -0.300. The summed E-state index contributed by atoms with van der Waals surface area (Å²) >= 11 is 0. The molecular weight excluding hydrogens is 205 g/mol. The predicted molar refractivity (Wildman–Crippen MR) is 62.1 cm³/mol. The second-order valence-corrected chi connectivity index (χ2v) is 4.90. The van der Waals surface area contributed by atoms with Crippen molar-refractivity contribution in [2.45, 2.75) is 33.1 Å². The van der Waals surface area contributed by atoms with Crippen LogP contribution in [0.4, 0.5) is 10.3 Å². The Kier molecular flexibility index (Phi) is 3.08. The molecule has 0 spiro atoms. The first-order valence-electron chi connectivity index (χ1n) is 5.85. The monoisotopic (exact) mass is 223 g/mol. The van der Waals surface area contributed by atoms with E-state index in [0.29, 0.717) is 17.6 Å². The molecular formula is C12H18FN3. The molecule has 0 aliphatic carbocycles. The Morgan fingerprint density at radius 3 is 2.81 bits per heavy atom. The molecule has 2 heterocycles. The smallest absolute Gasteiger partial charge is 0.225 e. The molecule has 1 atom stereocenters. The lowest BCUT2D eigenvalue weighted by atomic mass is 10.1. The topological polar surface area (TPSA) is 29.0 Å². The fourth-order valence-electron chi connectivity index (χ4n) is 2.04. The van der Waals surface area contributed by atoms with E-state index in [1.54, 1.807) is 0 Å². The highest BCUT2D eigenvalue weighted by molar-refractivity contribution is 5.32. The van der Waals surface area contributed by atoms with Gasteiger partial charge in [-0.3, -0.25) is 0 Å². The van der Waals surface area contributed by atoms with E-state index in [0.717, 1.165) is 19.5 Å². The standard InChI is InChI=1S/C12H18FN3/c1-8(2)11-10(13)6-14-12(15-11)16-5-4-9(3)7-16/h6,8-9H,4-5,7H2,1-3H3. The molecule has 88 valence electrons. The maximum atomic E-state index is 13.4. The molecule has 16 heavy (non-hydrogen) atoms. The van der Waals surface area contributed by atoms with Crippen LogP contribution in [0, 0.1) is 11.7 Å². The summed E-state index contributed by atoms with van der Waals surface area (Å²) in [5, 5.41) is 0. The van der Waals surface area contributed by atoms with Gasteiger partial charge >= 0.3 is 0 Å². The first-order chi connectivity index (χ1) is 7.58. The molecule has 1 aliphatic heterocycles. The first kappa shape index (κ1) is 11.3. The molecule has 0 bridgehead atoms. The van der Waals surface area contributed by atoms with Gasteiger partial charge in [0.1, 0.15) is 0 Å². The zero-order valence-electron chi connectivity index (χ0n) is 10.1. The normalized spacial score (nSPS) is 20.8. The molecule has 1 fully saturated rings. The highest BCUT2D eigenvalue weighted by atomic mass is 19.1. The van der Waals surface area contributed by atoms with E-state index in [2.05, 4.69) is 21.8 Å². The van der Waals surface area contributed by atoms with Crippen LogP contribution in [0.25, 0.3) is 0 Å². The Morgan fingerprint density at radius 1 is 1.50 bits per heavy atom. The molecule has 1 aromatic rings. The van der Waals surface area contributed by atoms with Gasteiger partial charge in [-0.15, -0.1) is 0 Å². The predicted octanol–water partition coefficient (Wildman–Crippen LogP) is 2.59. The number of nitrogens with zero attached hydrogens (tertiary/aromatic N) is 3. The molecule has 0 amide bonds. The van der Waals surface area contributed by atoms with Crippen LogP contribution in [0.5, 0.6) is 0 Å². The molecule has 0 aromatic carbocycles. The van der Waals surface area contributed by atoms with Gasteiger partial charge in [0.2, 0.25) is 5.95 Å². The average molecular weight is 223 g/mol. The summed E-state index contributed by atoms with van der Waals surface area (Å²) in [6.45, 7) is 8.06. The Labute approximate surface area is 95.7 Å². The lowest BCUT2D eigenvalue weighted by Gasteiger charge is -2.17. The fraction of sp³-hybridized carbons (Fsp3) is 0.667. The quantitative estimate of drug-likeness (QED) is 0.771. The van der Waals surface area contributed by atoms with Crippen LogP contribution in [0.2, 0.25) is 0 Å². The van der Waals surface area contributed by atoms with Crippen LogP contribution < -0.4 is 4.90 Å². The molecule has 1 saturated heterocycles. The van der Waals surface area contributed by atoms with Gasteiger partial charge in [-0.2, -0.15) is 0 Å². The highest BCUT2D eigenvalue weighted by Crippen LogP contribution is 2.23. The van der Waals surface area contributed by atoms with Crippen molar-refractivity contribution in [3.05, 3.63) is 17.7 Å². The average Bonchev–Trinajstić information content (AvgIpc) is 2.65. The lowest BCUT2D eigenvalue weighted by Crippen LogP contribution is -2.22. The number of hydrogen-bond acceptors (Lipinski definition) is 3. The molecule has 1 aromatic heterocycles. The molecule has 1 aliphatic rings. The van der Waals surface area contributed by atoms with Crippen molar-refractivity contribution in [2.24, 2.45) is 5.92 Å². The van der Waals surface area contributed by atoms with E-state index in [9.17, 15) is 4.39 Å². The van der Waals surface area contributed by atoms with Crippen molar-refractivity contribution in [3.8, 4) is 0 Å². The van der Waals surface area contributed by atoms with Crippen LogP contribution in [0.15, 0.2) is 6.20 Å². The summed E-state index contributed by atoms with van der Waals surface area (Å²) in [5.74, 6) is 1.15. The van der Waals surface area contributed by atoms with Crippen LogP contribution in [0.1, 0.15) is 38.8 Å². The second kappa shape index (κ2) is 4.36. The largest absolute Gasteiger partial charge is 0.341 e. The number of rotatable bonds is 2. The Morgan fingerprint density at radius 2 is 2.25 bits per heavy atom. The van der Waals surface area contributed by atoms with Gasteiger partial charge in [-0.1, -0.05) is 20.8 Å². The van der Waals surface area contributed by atoms with Crippen molar-refractivity contribution in [1.82, 2.24) is 9.97 Å². The first-order valence-corrected chi connectivity index (χ1v) is 5.85. The van der Waals surface area contributed by atoms with E-state index in [4.69, 9.17) is 0 Å². The minimum Gasteiger partial charge on any atom is -0.341 e. The van der Waals surface area contributed by atoms with E-state index in [1.165, 1.54) is 6.20 Å². The van der Waals surface area contributed by atoms with Gasteiger partial charge in [-0.25, -0.2) is 14.4 Å². The maximum absolute atomic E-state index is 13.4. The van der Waals surface area contributed by atoms with Crippen LogP contribution in [0.3, 0.4) is 0 Å². The second-order valence-electron chi connectivity index (χ2n) is 4.90. The third-order valence-corrected chi connectivity index (χ3v) is 3.01. The van der Waals surface area contributed by atoms with Crippen molar-refractivity contribution >= 4 is 5.95 Å². The molecule has 0 saturated carbocycles. The van der Waals surface area contributed by atoms with Crippen LogP contribution in [-0.4, -0.2) is 23.1 Å². The molecule has 0 N–H and O–H groups in total. The van der Waals surface area contributed by atoms with E-state index >= 15 is 0 Å². The van der Waals surface area contributed by atoms with Gasteiger partial charge in [0.25, 0.3) is 0 Å². The lowest BCUT2D eigenvalue weighted by molar-refractivity contribution is 0.574. The van der Waals surface area contributed by atoms with Gasteiger partial charge < -0.3 is 4.90 Å². The minimum absolute atomic E-state index is 0.0989. The van der Waals surface area contributed by atoms with Crippen LogP contribution >= 0.6 is 0 Å². The van der Waals surface area contributed by atoms with Crippen molar-refractivity contribution in [2.75, 3.05) is 18.0 Å². The van der Waals surface area contributed by atoms with Crippen LogP contribution in [-0.2, 0) is 0 Å². The SMILES string of the molecule is CC1CCN(c2ncc(F)c(C(C)C)n2)C1. The molecule has 2 rings (SSSR count). The number of halogens is 1. The van der Waals surface area contributed by atoms with Crippen molar-refractivity contribution in [3.63, 3.8) is 0 Å². The Hall–Kier alpha value is -1.19. The van der Waals surface area contributed by atoms with E-state index in [-0.39, 0.29) is 11.7 Å². The van der Waals surface area contributed by atoms with Gasteiger partial charge in [0, 0.05) is 13.1 Å². The summed E-state index contributed by atoms with van der Waals surface area (Å²) < 4.78 is 13.4. The van der Waals surface area contributed by atoms with Crippen molar-refractivity contribution < 1.29 is 4.39 Å². The molecule has 1 unspecified atom stereocenters. The fourth-order valence-corrected chi connectivity index (χ4v) is 2.04. The summed E-state index contributed by atoms with van der Waals surface area (Å²) in [7, 11) is 0. The zero-order chi connectivity index (χ0) is 11.7. The van der Waals surface area contributed by atoms with Gasteiger partial charge in [0.15, 0.2) is 5.82 Å². The van der Waals surface area contributed by atoms with Gasteiger partial charge in [-0.05, 0) is 18.3 Å². The number of aromatic nitrogens is 2. The van der Waals surface area contributed by atoms with Crippen molar-refractivity contribution in [1.29, 1.82) is 0 Å². The molecule has 4 heteroatoms. The third kappa shape index (κ3) is 2.15. The summed E-state index contributed by atoms with van der Waals surface area (Å²) in [5.41, 5.74) is 0.518. The Bertz CT molecular complexity index is 379. The van der Waals surface area contributed by atoms with E-state index in [1.807, 2.05) is 13.8 Å². The third-order valence-electron chi connectivity index (χ3n) is 3.01. The molecule has 0 radical (unpaired) electrons. The zero-order valence-corrected chi connectivity index (χ0v) is 10.1. The summed E-state index contributed by atoms with van der Waals surface area (Å²) in [4.78, 5) is 10.5. The van der Waals surface area contributed by atoms with Gasteiger partial charge in [0.05, 0.1) is 11.9 Å². The van der Waals surface area contributed by atoms with E-state index < -0.39 is 0 Å². The number of hydrogen-bond donors (Lipinski definition) is 0. The summed E-state index contributed by atoms with van der Waals surface area (Å²) in [6, 6.07) is 0. The number of anilines is 1. The summed E-state index contributed by atoms with van der Waals surface area (Å²) in [6.07, 6.45) is 2.46. The highest BCUT2D eigenvalue weighted by Gasteiger charge is 2.22. The maximum Gasteiger partial charge on any atom is 0.225 e.